The molecule has 0 unspecified atom stereocenters. The standard InChI is InChI=1S/CH4N2O.3H3N.H2O4S/c2-1(3)4;;;;1-5(2,3)4/h(H4,2,3,4);3*1H3;(H2,1,2,3,4). The third kappa shape index (κ3) is 604. The zero-order valence-electron chi connectivity index (χ0n) is 6.81. The maximum atomic E-state index is 9.00. The second-order valence-corrected chi connectivity index (χ2v) is 1.63. The molecule has 0 aromatic heterocycles. The van der Waals surface area contributed by atoms with Crippen LogP contribution in [0.4, 0.5) is 4.79 Å². The number of urea groups is 1. The Hall–Kier alpha value is -0.980. The molecule has 0 atom stereocenters. The molecule has 0 rings (SSSR count). The van der Waals surface area contributed by atoms with Gasteiger partial charge < -0.3 is 39.0 Å². The van der Waals surface area contributed by atoms with Crippen molar-refractivity contribution in [2.75, 3.05) is 0 Å². The van der Waals surface area contributed by atoms with Crippen molar-refractivity contribution in [3.8, 4) is 0 Å². The number of hydrogen-bond donors (Lipinski definition) is 5. The summed E-state index contributed by atoms with van der Waals surface area (Å²) >= 11 is 0. The average molecular weight is 209 g/mol. The molecule has 0 aliphatic heterocycles. The molecule has 0 saturated heterocycles. The number of quaternary nitrogens is 2. The second kappa shape index (κ2) is 12.7. The molecule has 0 fully saturated rings. The van der Waals surface area contributed by atoms with E-state index in [1.54, 1.807) is 0 Å². The Bertz CT molecular complexity index is 162. The number of primary amides is 2. The highest BCUT2D eigenvalue weighted by Gasteiger charge is 1.60. The lowest BCUT2D eigenvalue weighted by Crippen LogP contribution is -2.18. The van der Waals surface area contributed by atoms with Crippen molar-refractivity contribution in [2.24, 2.45) is 11.5 Å². The summed E-state index contributed by atoms with van der Waals surface area (Å²) in [6.07, 6.45) is 0. The molecule has 80 valence electrons. The number of carbonyl (C=O) groups is 1. The van der Waals surface area contributed by atoms with Gasteiger partial charge in [0.1, 0.15) is 0 Å². The quantitative estimate of drug-likeness (QED) is 0.236. The van der Waals surface area contributed by atoms with Gasteiger partial charge in [0, 0.05) is 10.4 Å². The van der Waals surface area contributed by atoms with Gasteiger partial charge in [-0.25, -0.2) is 4.79 Å². The summed E-state index contributed by atoms with van der Waals surface area (Å²) in [5, 5.41) is 0. The fraction of sp³-hybridized carbons (Fsp3) is 0. The van der Waals surface area contributed by atoms with Crippen LogP contribution in [0, 0.1) is 0 Å². The van der Waals surface area contributed by atoms with Crippen molar-refractivity contribution in [1.29, 1.82) is 0 Å². The molecule has 10 nitrogen and oxygen atoms in total. The molecule has 11 heteroatoms. The predicted octanol–water partition coefficient (Wildman–Crippen LogP) is -1.40. The van der Waals surface area contributed by atoms with Gasteiger partial charge in [0.2, 0.25) is 0 Å². The van der Waals surface area contributed by atoms with Crippen LogP contribution in [0.15, 0.2) is 0 Å². The molecule has 0 aromatic rings. The van der Waals surface area contributed by atoms with Gasteiger partial charge in [-0.1, -0.05) is 0 Å². The average Bonchev–Trinajstić information content (AvgIpc) is 1.19. The van der Waals surface area contributed by atoms with Gasteiger partial charge >= 0.3 is 6.03 Å². The van der Waals surface area contributed by atoms with Crippen LogP contribution in [0.1, 0.15) is 0 Å². The number of hydrogen-bond acceptors (Lipinski definition) is 6. The van der Waals surface area contributed by atoms with E-state index in [2.05, 4.69) is 11.5 Å². The molecule has 0 radical (unpaired) electrons. The molecule has 0 bridgehead atoms. The Morgan fingerprint density at radius 2 is 1.08 bits per heavy atom. The lowest BCUT2D eigenvalue weighted by molar-refractivity contribution is 0.256. The highest BCUT2D eigenvalue weighted by Crippen LogP contribution is 1.57. The first kappa shape index (κ1) is 30.5. The summed E-state index contributed by atoms with van der Waals surface area (Å²) in [5.41, 5.74) is 8.50. The zero-order valence-corrected chi connectivity index (χ0v) is 7.63. The summed E-state index contributed by atoms with van der Waals surface area (Å²) in [4.78, 5) is 9.00. The number of nitrogens with two attached hydrogens (primary N) is 2. The molecule has 0 saturated carbocycles. The van der Waals surface area contributed by atoms with Gasteiger partial charge in [-0.05, 0) is 0 Å². The largest absolute Gasteiger partial charge is 0.759 e. The van der Waals surface area contributed by atoms with E-state index in [1.165, 1.54) is 0 Å². The molecule has 2 amide bonds. The second-order valence-electron chi connectivity index (χ2n) is 0.811. The van der Waals surface area contributed by atoms with Gasteiger partial charge in [-0.3, -0.25) is 8.42 Å². The van der Waals surface area contributed by atoms with E-state index in [1.807, 2.05) is 0 Å². The maximum Gasteiger partial charge on any atom is 0.309 e. The number of rotatable bonds is 0. The third-order valence-corrected chi connectivity index (χ3v) is 0. The van der Waals surface area contributed by atoms with Crippen molar-refractivity contribution in [3.05, 3.63) is 0 Å². The van der Waals surface area contributed by atoms with E-state index in [4.69, 9.17) is 22.3 Å². The van der Waals surface area contributed by atoms with Crippen molar-refractivity contribution in [2.45, 2.75) is 0 Å². The summed E-state index contributed by atoms with van der Waals surface area (Å²) < 4.78 is 34.1. The Kier molecular flexibility index (Phi) is 32.2. The molecular weight excluding hydrogens is 194 g/mol. The zero-order chi connectivity index (χ0) is 8.08. The minimum Gasteiger partial charge on any atom is -0.759 e. The first-order valence-corrected chi connectivity index (χ1v) is 2.78. The SMILES string of the molecule is N.NC(N)=O.O=S(=O)([O-])[O-].[NH4+].[NH4+]. The van der Waals surface area contributed by atoms with Crippen molar-refractivity contribution < 1.29 is 22.3 Å². The van der Waals surface area contributed by atoms with Gasteiger partial charge in [0.05, 0.1) is 0 Å². The van der Waals surface area contributed by atoms with E-state index < -0.39 is 16.4 Å². The summed E-state index contributed by atoms with van der Waals surface area (Å²) in [7, 11) is -5.17. The first-order chi connectivity index (χ1) is 3.73. The Balaban J connectivity index is -0.0000000221. The monoisotopic (exact) mass is 209 g/mol. The normalized spacial score (nSPS) is 6.83. The molecule has 0 heterocycles. The molecule has 12 heavy (non-hydrogen) atoms. The van der Waals surface area contributed by atoms with Crippen LogP contribution in [-0.2, 0) is 10.4 Å². The van der Waals surface area contributed by atoms with Gasteiger partial charge in [-0.15, -0.1) is 0 Å². The van der Waals surface area contributed by atoms with Crippen LogP contribution >= 0.6 is 0 Å². The van der Waals surface area contributed by atoms with Crippen LogP contribution in [0.25, 0.3) is 0 Å². The molecule has 15 N–H and O–H groups in total. The van der Waals surface area contributed by atoms with Gasteiger partial charge in [0.25, 0.3) is 0 Å². The van der Waals surface area contributed by atoms with E-state index in [0.717, 1.165) is 0 Å². The Labute approximate surface area is 69.6 Å². The Morgan fingerprint density at radius 1 is 1.08 bits per heavy atom. The van der Waals surface area contributed by atoms with E-state index in [-0.39, 0.29) is 18.5 Å². The third-order valence-electron chi connectivity index (χ3n) is 0. The number of amides is 2. The minimum absolute atomic E-state index is 0. The fourth-order valence-electron chi connectivity index (χ4n) is 0. The predicted molar refractivity (Wildman–Crippen MR) is 41.2 cm³/mol. The Morgan fingerprint density at radius 3 is 1.08 bits per heavy atom. The molecule has 0 aliphatic carbocycles. The smallest absolute Gasteiger partial charge is 0.309 e. The summed E-state index contributed by atoms with van der Waals surface area (Å²) in [5.74, 6) is 0. The molecule has 0 spiro atoms. The summed E-state index contributed by atoms with van der Waals surface area (Å²) in [6, 6.07) is -0.833. The van der Waals surface area contributed by atoms with E-state index in [9.17, 15) is 0 Å². The molecule has 0 aromatic carbocycles. The fourth-order valence-corrected chi connectivity index (χ4v) is 0. The summed E-state index contributed by atoms with van der Waals surface area (Å²) in [6.45, 7) is 0. The topological polar surface area (TPSA) is 257 Å². The maximum absolute atomic E-state index is 9.00. The van der Waals surface area contributed by atoms with Crippen LogP contribution < -0.4 is 29.9 Å². The molecular formula is CH15N5O5S. The van der Waals surface area contributed by atoms with Crippen molar-refractivity contribution in [1.82, 2.24) is 18.5 Å². The van der Waals surface area contributed by atoms with Gasteiger partial charge in [0.15, 0.2) is 0 Å². The van der Waals surface area contributed by atoms with Crippen LogP contribution in [0.3, 0.4) is 0 Å². The van der Waals surface area contributed by atoms with E-state index >= 15 is 0 Å². The lowest BCUT2D eigenvalue weighted by Gasteiger charge is -2.06. The van der Waals surface area contributed by atoms with Crippen LogP contribution in [-0.4, -0.2) is 23.6 Å². The highest BCUT2D eigenvalue weighted by atomic mass is 32.3. The first-order valence-electron chi connectivity index (χ1n) is 1.45. The van der Waals surface area contributed by atoms with Crippen molar-refractivity contribution >= 4 is 16.4 Å². The van der Waals surface area contributed by atoms with Crippen LogP contribution in [0.5, 0.6) is 0 Å². The number of carbonyl (C=O) groups excluding carboxylic acids is 1. The van der Waals surface area contributed by atoms with Crippen molar-refractivity contribution in [3.63, 3.8) is 0 Å². The lowest BCUT2D eigenvalue weighted by atomic mass is 11.2. The van der Waals surface area contributed by atoms with Gasteiger partial charge in [-0.2, -0.15) is 0 Å². The molecule has 0 aliphatic rings. The van der Waals surface area contributed by atoms with E-state index in [0.29, 0.717) is 0 Å². The van der Waals surface area contributed by atoms with Crippen LogP contribution in [0.2, 0.25) is 0 Å². The highest BCUT2D eigenvalue weighted by molar-refractivity contribution is 7.79. The minimum atomic E-state index is -5.17.